The third-order valence-electron chi connectivity index (χ3n) is 5.21. The molecule has 27 heavy (non-hydrogen) atoms. The normalized spacial score (nSPS) is 24.4. The molecule has 8 heteroatoms. The van der Waals surface area contributed by atoms with E-state index in [1.807, 2.05) is 18.2 Å². The molecule has 150 valence electrons. The van der Waals surface area contributed by atoms with Crippen LogP contribution >= 0.6 is 0 Å². The summed E-state index contributed by atoms with van der Waals surface area (Å²) >= 11 is 0. The summed E-state index contributed by atoms with van der Waals surface area (Å²) in [4.78, 5) is 8.10. The summed E-state index contributed by atoms with van der Waals surface area (Å²) in [5, 5.41) is 6.73. The van der Waals surface area contributed by atoms with E-state index in [-0.39, 0.29) is 5.92 Å². The van der Waals surface area contributed by atoms with E-state index in [9.17, 15) is 13.2 Å². The summed E-state index contributed by atoms with van der Waals surface area (Å²) in [6.07, 6.45) is -2.31. The van der Waals surface area contributed by atoms with Crippen LogP contribution in [0.15, 0.2) is 35.3 Å². The molecule has 2 atom stereocenters. The van der Waals surface area contributed by atoms with Gasteiger partial charge in [0.15, 0.2) is 5.96 Å². The smallest absolute Gasteiger partial charge is 0.369 e. The first kappa shape index (κ1) is 19.8. The highest BCUT2D eigenvalue weighted by Crippen LogP contribution is 2.22. The van der Waals surface area contributed by atoms with Crippen LogP contribution in [0.4, 0.5) is 18.9 Å². The van der Waals surface area contributed by atoms with Gasteiger partial charge in [-0.25, -0.2) is 0 Å². The molecular formula is C19H28F3N5. The molecule has 2 fully saturated rings. The molecule has 2 unspecified atom stereocenters. The Bertz CT molecular complexity index is 620. The van der Waals surface area contributed by atoms with Gasteiger partial charge < -0.3 is 15.5 Å². The predicted molar refractivity (Wildman–Crippen MR) is 102 cm³/mol. The van der Waals surface area contributed by atoms with Crippen LogP contribution in [0.5, 0.6) is 0 Å². The molecule has 5 nitrogen and oxygen atoms in total. The van der Waals surface area contributed by atoms with Crippen molar-refractivity contribution in [3.05, 3.63) is 30.3 Å². The number of hydrogen-bond acceptors (Lipinski definition) is 3. The van der Waals surface area contributed by atoms with Crippen molar-refractivity contribution in [3.8, 4) is 0 Å². The fraction of sp³-hybridized carbons (Fsp3) is 0.632. The number of hydrogen-bond donors (Lipinski definition) is 2. The van der Waals surface area contributed by atoms with Gasteiger partial charge in [-0.2, -0.15) is 13.2 Å². The lowest BCUT2D eigenvalue weighted by molar-refractivity contribution is -0.143. The van der Waals surface area contributed by atoms with E-state index in [0.29, 0.717) is 25.7 Å². The molecule has 2 aliphatic heterocycles. The van der Waals surface area contributed by atoms with Crippen LogP contribution in [0.25, 0.3) is 0 Å². The van der Waals surface area contributed by atoms with Gasteiger partial charge in [0.1, 0.15) is 0 Å². The summed E-state index contributed by atoms with van der Waals surface area (Å²) < 4.78 is 37.5. The molecule has 0 bridgehead atoms. The number of nitrogens with one attached hydrogen (secondary N) is 2. The van der Waals surface area contributed by atoms with E-state index in [1.165, 1.54) is 10.6 Å². The Morgan fingerprint density at radius 1 is 1.15 bits per heavy atom. The van der Waals surface area contributed by atoms with Gasteiger partial charge >= 0.3 is 6.18 Å². The second-order valence-corrected chi connectivity index (χ2v) is 7.37. The number of para-hydroxylation sites is 1. The van der Waals surface area contributed by atoms with Gasteiger partial charge in [-0.1, -0.05) is 18.2 Å². The molecule has 0 amide bonds. The number of nitrogens with zero attached hydrogens (tertiary/aromatic N) is 3. The SMILES string of the molecule is CN=C(NCC1CCN(CC(F)(F)F)C1)NC1CCN(c2ccccc2)C1. The van der Waals surface area contributed by atoms with Gasteiger partial charge in [0.25, 0.3) is 0 Å². The van der Waals surface area contributed by atoms with Crippen molar-refractivity contribution in [2.24, 2.45) is 10.9 Å². The largest absolute Gasteiger partial charge is 0.401 e. The molecule has 2 aliphatic rings. The van der Waals surface area contributed by atoms with E-state index in [0.717, 1.165) is 31.9 Å². The maximum atomic E-state index is 12.5. The standard InChI is InChI=1S/C19H28F3N5/c1-23-18(24-11-15-7-9-26(12-15)14-19(20,21)22)25-16-8-10-27(13-16)17-5-3-2-4-6-17/h2-6,15-16H,7-14H2,1H3,(H2,23,24,25). The van der Waals surface area contributed by atoms with Crippen molar-refractivity contribution in [2.75, 3.05) is 51.2 Å². The summed E-state index contributed by atoms with van der Waals surface area (Å²) in [6, 6.07) is 10.6. The number of benzene rings is 1. The topological polar surface area (TPSA) is 42.9 Å². The summed E-state index contributed by atoms with van der Waals surface area (Å²) in [5.41, 5.74) is 1.22. The van der Waals surface area contributed by atoms with Crippen molar-refractivity contribution < 1.29 is 13.2 Å². The van der Waals surface area contributed by atoms with Gasteiger partial charge in [0.05, 0.1) is 6.54 Å². The van der Waals surface area contributed by atoms with Crippen molar-refractivity contribution in [1.82, 2.24) is 15.5 Å². The highest BCUT2D eigenvalue weighted by Gasteiger charge is 2.34. The van der Waals surface area contributed by atoms with Crippen LogP contribution < -0.4 is 15.5 Å². The third-order valence-corrected chi connectivity index (χ3v) is 5.21. The Balaban J connectivity index is 1.40. The van der Waals surface area contributed by atoms with Gasteiger partial charge in [-0.3, -0.25) is 9.89 Å². The van der Waals surface area contributed by atoms with Crippen LogP contribution in [0.1, 0.15) is 12.8 Å². The molecule has 2 saturated heterocycles. The first-order valence-electron chi connectivity index (χ1n) is 9.49. The molecule has 2 N–H and O–H groups in total. The van der Waals surface area contributed by atoms with Gasteiger partial charge in [-0.05, 0) is 37.4 Å². The molecule has 0 radical (unpaired) electrons. The van der Waals surface area contributed by atoms with E-state index in [1.54, 1.807) is 7.05 Å². The molecule has 0 aliphatic carbocycles. The fourth-order valence-electron chi connectivity index (χ4n) is 3.86. The number of likely N-dealkylation sites (tertiary alicyclic amines) is 1. The number of alkyl halides is 3. The molecule has 1 aromatic carbocycles. The minimum atomic E-state index is -4.12. The van der Waals surface area contributed by atoms with Crippen molar-refractivity contribution in [1.29, 1.82) is 0 Å². The summed E-state index contributed by atoms with van der Waals surface area (Å²) in [7, 11) is 1.73. The zero-order valence-corrected chi connectivity index (χ0v) is 15.7. The fourth-order valence-corrected chi connectivity index (χ4v) is 3.86. The summed E-state index contributed by atoms with van der Waals surface area (Å²) in [5.74, 6) is 0.944. The van der Waals surface area contributed by atoms with Gasteiger partial charge in [0.2, 0.25) is 0 Å². The third kappa shape index (κ3) is 6.02. The predicted octanol–water partition coefficient (Wildman–Crippen LogP) is 2.31. The van der Waals surface area contributed by atoms with Crippen LogP contribution in [0, 0.1) is 5.92 Å². The molecular weight excluding hydrogens is 355 g/mol. The molecule has 0 spiro atoms. The number of anilines is 1. The van der Waals surface area contributed by atoms with Gasteiger partial charge in [-0.15, -0.1) is 0 Å². The van der Waals surface area contributed by atoms with E-state index in [2.05, 4.69) is 32.7 Å². The first-order chi connectivity index (χ1) is 12.9. The maximum absolute atomic E-state index is 12.5. The lowest BCUT2D eigenvalue weighted by Gasteiger charge is -2.21. The van der Waals surface area contributed by atoms with Crippen LogP contribution in [-0.4, -0.2) is 69.4 Å². The van der Waals surface area contributed by atoms with Crippen molar-refractivity contribution >= 4 is 11.6 Å². The molecule has 0 saturated carbocycles. The Hall–Kier alpha value is -1.96. The second-order valence-electron chi connectivity index (χ2n) is 7.37. The Labute approximate surface area is 158 Å². The molecule has 1 aromatic rings. The highest BCUT2D eigenvalue weighted by atomic mass is 19.4. The van der Waals surface area contributed by atoms with E-state index < -0.39 is 12.7 Å². The number of halogens is 3. The average molecular weight is 383 g/mol. The van der Waals surface area contributed by atoms with E-state index >= 15 is 0 Å². The quantitative estimate of drug-likeness (QED) is 0.605. The molecule has 2 heterocycles. The van der Waals surface area contributed by atoms with Crippen LogP contribution in [0.3, 0.4) is 0 Å². The van der Waals surface area contributed by atoms with Crippen molar-refractivity contribution in [2.45, 2.75) is 25.1 Å². The minimum absolute atomic E-state index is 0.218. The molecule has 3 rings (SSSR count). The Morgan fingerprint density at radius 3 is 2.63 bits per heavy atom. The average Bonchev–Trinajstić information content (AvgIpc) is 3.27. The number of guanidine groups is 1. The summed E-state index contributed by atoms with van der Waals surface area (Å²) in [6.45, 7) is 2.72. The number of aliphatic imine (C=N–C) groups is 1. The van der Waals surface area contributed by atoms with Crippen molar-refractivity contribution in [3.63, 3.8) is 0 Å². The Kier molecular flexibility index (Phi) is 6.46. The zero-order valence-electron chi connectivity index (χ0n) is 15.7. The lowest BCUT2D eigenvalue weighted by Crippen LogP contribution is -2.46. The maximum Gasteiger partial charge on any atom is 0.401 e. The monoisotopic (exact) mass is 383 g/mol. The zero-order chi connectivity index (χ0) is 19.3. The van der Waals surface area contributed by atoms with Crippen LogP contribution in [0.2, 0.25) is 0 Å². The first-order valence-corrected chi connectivity index (χ1v) is 9.49. The molecule has 0 aromatic heterocycles. The second kappa shape index (κ2) is 8.82. The van der Waals surface area contributed by atoms with Gasteiger partial charge in [0, 0.05) is 45.0 Å². The Morgan fingerprint density at radius 2 is 1.93 bits per heavy atom. The lowest BCUT2D eigenvalue weighted by atomic mass is 10.1. The van der Waals surface area contributed by atoms with Crippen LogP contribution in [-0.2, 0) is 0 Å². The number of rotatable bonds is 5. The highest BCUT2D eigenvalue weighted by molar-refractivity contribution is 5.80. The van der Waals surface area contributed by atoms with E-state index in [4.69, 9.17) is 0 Å². The minimum Gasteiger partial charge on any atom is -0.369 e.